The minimum atomic E-state index is 0.0974. The zero-order valence-electron chi connectivity index (χ0n) is 18.9. The Kier molecular flexibility index (Phi) is 6.59. The van der Waals surface area contributed by atoms with E-state index < -0.39 is 0 Å². The number of rotatable bonds is 5. The molecule has 6 nitrogen and oxygen atoms in total. The highest BCUT2D eigenvalue weighted by Crippen LogP contribution is 2.32. The summed E-state index contributed by atoms with van der Waals surface area (Å²) in [5.41, 5.74) is 4.72. The first-order valence-corrected chi connectivity index (χ1v) is 11.0. The number of pyridine rings is 1. The molecule has 1 amide bonds. The first kappa shape index (κ1) is 21.7. The van der Waals surface area contributed by atoms with Crippen LogP contribution in [0, 0.1) is 0 Å². The van der Waals surface area contributed by atoms with Gasteiger partial charge in [-0.1, -0.05) is 24.3 Å². The van der Waals surface area contributed by atoms with Gasteiger partial charge in [0.2, 0.25) is 0 Å². The Morgan fingerprint density at radius 3 is 2.56 bits per heavy atom. The average Bonchev–Trinajstić information content (AvgIpc) is 2.84. The van der Waals surface area contributed by atoms with Crippen molar-refractivity contribution in [1.29, 1.82) is 0 Å². The normalized spacial score (nSPS) is 14.7. The van der Waals surface area contributed by atoms with Gasteiger partial charge in [0.25, 0.3) is 5.91 Å². The second-order valence-corrected chi connectivity index (χ2v) is 8.25. The van der Waals surface area contributed by atoms with Crippen molar-refractivity contribution in [3.8, 4) is 11.4 Å². The van der Waals surface area contributed by atoms with Crippen LogP contribution in [0.15, 0.2) is 61.1 Å². The van der Waals surface area contributed by atoms with Crippen LogP contribution in [0.25, 0.3) is 17.5 Å². The van der Waals surface area contributed by atoms with Crippen LogP contribution in [0.4, 0.5) is 5.69 Å². The number of likely N-dealkylation sites (tertiary alicyclic amines) is 1. The summed E-state index contributed by atoms with van der Waals surface area (Å²) >= 11 is 0. The minimum Gasteiger partial charge on any atom is -0.377 e. The van der Waals surface area contributed by atoms with Crippen molar-refractivity contribution in [1.82, 2.24) is 19.9 Å². The minimum absolute atomic E-state index is 0.0974. The molecule has 0 bridgehead atoms. The fourth-order valence-electron chi connectivity index (χ4n) is 4.24. The van der Waals surface area contributed by atoms with Crippen LogP contribution in [-0.2, 0) is 0 Å². The maximum absolute atomic E-state index is 13.2. The molecule has 1 aliphatic heterocycles. The van der Waals surface area contributed by atoms with Crippen molar-refractivity contribution in [3.05, 3.63) is 77.9 Å². The summed E-state index contributed by atoms with van der Waals surface area (Å²) in [5, 5.41) is 0. The second-order valence-electron chi connectivity index (χ2n) is 8.25. The van der Waals surface area contributed by atoms with Crippen LogP contribution < -0.4 is 4.90 Å². The maximum Gasteiger partial charge on any atom is 0.255 e. The van der Waals surface area contributed by atoms with Gasteiger partial charge in [0.1, 0.15) is 0 Å². The van der Waals surface area contributed by atoms with E-state index in [1.807, 2.05) is 79.5 Å². The number of aromatic nitrogens is 3. The summed E-state index contributed by atoms with van der Waals surface area (Å²) in [5.74, 6) is 1.08. The van der Waals surface area contributed by atoms with Crippen LogP contribution in [0.2, 0.25) is 0 Å². The first-order chi connectivity index (χ1) is 15.6. The lowest BCUT2D eigenvalue weighted by atomic mass is 9.90. The molecule has 164 valence electrons. The van der Waals surface area contributed by atoms with E-state index in [4.69, 9.17) is 4.98 Å². The van der Waals surface area contributed by atoms with E-state index in [9.17, 15) is 4.79 Å². The Balaban J connectivity index is 1.55. The van der Waals surface area contributed by atoms with Crippen molar-refractivity contribution in [2.24, 2.45) is 0 Å². The maximum atomic E-state index is 13.2. The molecule has 1 aromatic carbocycles. The van der Waals surface area contributed by atoms with E-state index in [1.54, 1.807) is 12.4 Å². The zero-order chi connectivity index (χ0) is 22.5. The third kappa shape index (κ3) is 4.54. The molecule has 1 aliphatic rings. The van der Waals surface area contributed by atoms with Gasteiger partial charge in [0.05, 0.1) is 11.3 Å². The lowest BCUT2D eigenvalue weighted by Gasteiger charge is -2.33. The Labute approximate surface area is 189 Å². The lowest BCUT2D eigenvalue weighted by Crippen LogP contribution is -2.38. The zero-order valence-corrected chi connectivity index (χ0v) is 18.9. The van der Waals surface area contributed by atoms with Gasteiger partial charge in [-0.3, -0.25) is 9.78 Å². The summed E-state index contributed by atoms with van der Waals surface area (Å²) in [6.07, 6.45) is 11.3. The van der Waals surface area contributed by atoms with Crippen molar-refractivity contribution < 1.29 is 4.79 Å². The third-order valence-corrected chi connectivity index (χ3v) is 5.90. The summed E-state index contributed by atoms with van der Waals surface area (Å²) in [7, 11) is 3.94. The highest BCUT2D eigenvalue weighted by atomic mass is 16.2. The molecule has 0 saturated carbocycles. The van der Waals surface area contributed by atoms with Crippen molar-refractivity contribution in [2.75, 3.05) is 32.1 Å². The monoisotopic (exact) mass is 427 g/mol. The number of allylic oxidation sites excluding steroid dienone is 1. The summed E-state index contributed by atoms with van der Waals surface area (Å²) < 4.78 is 0. The number of benzene rings is 1. The lowest BCUT2D eigenvalue weighted by molar-refractivity contribution is 0.0712. The SMILES string of the molecule is CC=Cc1cnc(-c2cccnc2)nc1C1CCN(C(=O)c2ccccc2N(C)C)CC1. The summed E-state index contributed by atoms with van der Waals surface area (Å²) in [6, 6.07) is 11.7. The number of hydrogen-bond donors (Lipinski definition) is 0. The van der Waals surface area contributed by atoms with E-state index in [-0.39, 0.29) is 11.8 Å². The highest BCUT2D eigenvalue weighted by molar-refractivity contribution is 5.99. The van der Waals surface area contributed by atoms with E-state index in [0.717, 1.165) is 40.9 Å². The smallest absolute Gasteiger partial charge is 0.255 e. The third-order valence-electron chi connectivity index (χ3n) is 5.90. The first-order valence-electron chi connectivity index (χ1n) is 11.0. The topological polar surface area (TPSA) is 62.2 Å². The molecule has 3 aromatic rings. The number of para-hydroxylation sites is 1. The van der Waals surface area contributed by atoms with Gasteiger partial charge < -0.3 is 9.80 Å². The molecule has 3 heterocycles. The van der Waals surface area contributed by atoms with Crippen molar-refractivity contribution in [2.45, 2.75) is 25.7 Å². The Hall–Kier alpha value is -3.54. The fourth-order valence-corrected chi connectivity index (χ4v) is 4.24. The second kappa shape index (κ2) is 9.73. The molecular formula is C26H29N5O. The number of piperidine rings is 1. The quantitative estimate of drug-likeness (QED) is 0.593. The van der Waals surface area contributed by atoms with Crippen LogP contribution in [-0.4, -0.2) is 52.9 Å². The molecule has 1 saturated heterocycles. The molecule has 0 spiro atoms. The van der Waals surface area contributed by atoms with Crippen LogP contribution in [0.3, 0.4) is 0 Å². The van der Waals surface area contributed by atoms with Crippen LogP contribution in [0.5, 0.6) is 0 Å². The molecule has 4 rings (SSSR count). The van der Waals surface area contributed by atoms with Gasteiger partial charge in [-0.25, -0.2) is 9.97 Å². The molecule has 1 fully saturated rings. The highest BCUT2D eigenvalue weighted by Gasteiger charge is 2.28. The summed E-state index contributed by atoms with van der Waals surface area (Å²) in [4.78, 5) is 30.9. The number of carbonyl (C=O) groups excluding carboxylic acids is 1. The van der Waals surface area contributed by atoms with E-state index in [2.05, 4.69) is 16.0 Å². The number of anilines is 1. The number of amides is 1. The van der Waals surface area contributed by atoms with Gasteiger partial charge in [-0.2, -0.15) is 0 Å². The number of carbonyl (C=O) groups is 1. The van der Waals surface area contributed by atoms with Gasteiger partial charge >= 0.3 is 0 Å². The predicted octanol–water partition coefficient (Wildman–Crippen LogP) is 4.66. The van der Waals surface area contributed by atoms with Crippen LogP contribution >= 0.6 is 0 Å². The molecule has 0 unspecified atom stereocenters. The van der Waals surface area contributed by atoms with E-state index in [0.29, 0.717) is 18.9 Å². The van der Waals surface area contributed by atoms with Gasteiger partial charge in [0, 0.05) is 68.5 Å². The molecule has 0 radical (unpaired) electrons. The number of hydrogen-bond acceptors (Lipinski definition) is 5. The van der Waals surface area contributed by atoms with Crippen molar-refractivity contribution >= 4 is 17.7 Å². The predicted molar refractivity (Wildman–Crippen MR) is 129 cm³/mol. The van der Waals surface area contributed by atoms with Gasteiger partial charge in [0.15, 0.2) is 5.82 Å². The number of nitrogens with zero attached hydrogens (tertiary/aromatic N) is 5. The van der Waals surface area contributed by atoms with Crippen molar-refractivity contribution in [3.63, 3.8) is 0 Å². The van der Waals surface area contributed by atoms with Crippen LogP contribution in [0.1, 0.15) is 47.3 Å². The molecule has 6 heteroatoms. The Bertz CT molecular complexity index is 1100. The van der Waals surface area contributed by atoms with Gasteiger partial charge in [-0.15, -0.1) is 0 Å². The Morgan fingerprint density at radius 1 is 1.09 bits per heavy atom. The molecule has 32 heavy (non-hydrogen) atoms. The molecule has 2 aromatic heterocycles. The standard InChI is InChI=1S/C26H29N5O/c1-4-8-20-18-28-25(21-9-7-14-27-17-21)29-24(20)19-12-15-31(16-13-19)26(32)22-10-5-6-11-23(22)30(2)3/h4-11,14,17-19H,12-13,15-16H2,1-3H3. The largest absolute Gasteiger partial charge is 0.377 e. The van der Waals surface area contributed by atoms with E-state index in [1.165, 1.54) is 0 Å². The van der Waals surface area contributed by atoms with E-state index >= 15 is 0 Å². The molecule has 0 N–H and O–H groups in total. The molecule has 0 aliphatic carbocycles. The summed E-state index contributed by atoms with van der Waals surface area (Å²) in [6.45, 7) is 3.43. The average molecular weight is 428 g/mol. The fraction of sp³-hybridized carbons (Fsp3) is 0.308. The van der Waals surface area contributed by atoms with Gasteiger partial charge in [-0.05, 0) is 44.0 Å². The Morgan fingerprint density at radius 2 is 1.88 bits per heavy atom. The molecular weight excluding hydrogens is 398 g/mol. The molecule has 0 atom stereocenters.